The van der Waals surface area contributed by atoms with E-state index in [0.717, 1.165) is 10.9 Å². The van der Waals surface area contributed by atoms with Crippen LogP contribution >= 0.6 is 0 Å². The average molecular weight is 306 g/mol. The molecule has 0 aromatic heterocycles. The van der Waals surface area contributed by atoms with E-state index in [-0.39, 0.29) is 20.9 Å². The number of carboxylic acids is 1. The Morgan fingerprint density at radius 1 is 1.43 bits per heavy atom. The summed E-state index contributed by atoms with van der Waals surface area (Å²) < 4.78 is 2.55. The number of aryl methyl sites for hydroxylation is 1. The zero-order valence-corrected chi connectivity index (χ0v) is 10.5. The topological polar surface area (TPSA) is 37.3 Å². The van der Waals surface area contributed by atoms with Crippen molar-refractivity contribution < 1.29 is 9.90 Å². The predicted octanol–water partition coefficient (Wildman–Crippen LogP) is 1.61. The summed E-state index contributed by atoms with van der Waals surface area (Å²) in [5, 5.41) is 8.48. The molecule has 1 rings (SSSR count). The van der Waals surface area contributed by atoms with Gasteiger partial charge in [-0.15, -0.1) is 0 Å². The molecule has 0 heterocycles. The van der Waals surface area contributed by atoms with Crippen LogP contribution in [0.15, 0.2) is 24.3 Å². The molecule has 0 aliphatic rings. The van der Waals surface area contributed by atoms with Crippen molar-refractivity contribution in [3.8, 4) is 0 Å². The maximum atomic E-state index is 10.3. The SMILES string of the molecule is Cc1ccccc1[Te]CCCC(=O)O. The van der Waals surface area contributed by atoms with Gasteiger partial charge < -0.3 is 0 Å². The molecule has 0 spiro atoms. The Morgan fingerprint density at radius 3 is 2.79 bits per heavy atom. The second kappa shape index (κ2) is 6.06. The van der Waals surface area contributed by atoms with Crippen LogP contribution < -0.4 is 3.61 Å². The molecule has 0 aliphatic heterocycles. The molecule has 0 radical (unpaired) electrons. The summed E-state index contributed by atoms with van der Waals surface area (Å²) in [5.41, 5.74) is 1.35. The van der Waals surface area contributed by atoms with Crippen molar-refractivity contribution in [1.29, 1.82) is 0 Å². The van der Waals surface area contributed by atoms with Crippen LogP contribution in [0.5, 0.6) is 0 Å². The van der Waals surface area contributed by atoms with Crippen LogP contribution in [-0.4, -0.2) is 32.0 Å². The summed E-state index contributed by atoms with van der Waals surface area (Å²) in [6.45, 7) is 2.12. The summed E-state index contributed by atoms with van der Waals surface area (Å²) in [4.78, 5) is 10.3. The number of hydrogen-bond donors (Lipinski definition) is 1. The van der Waals surface area contributed by atoms with Gasteiger partial charge in [0.15, 0.2) is 0 Å². The number of rotatable bonds is 5. The van der Waals surface area contributed by atoms with Gasteiger partial charge in [-0.05, 0) is 0 Å². The molecule has 0 aliphatic carbocycles. The molecule has 0 saturated heterocycles. The quantitative estimate of drug-likeness (QED) is 0.663. The van der Waals surface area contributed by atoms with Gasteiger partial charge in [-0.2, -0.15) is 0 Å². The van der Waals surface area contributed by atoms with E-state index in [1.54, 1.807) is 0 Å². The number of hydrogen-bond acceptors (Lipinski definition) is 1. The van der Waals surface area contributed by atoms with Gasteiger partial charge in [0.1, 0.15) is 0 Å². The van der Waals surface area contributed by atoms with E-state index in [1.807, 2.05) is 6.07 Å². The van der Waals surface area contributed by atoms with Gasteiger partial charge in [-0.3, -0.25) is 0 Å². The third-order valence-electron chi connectivity index (χ3n) is 1.89. The molecule has 0 unspecified atom stereocenters. The van der Waals surface area contributed by atoms with Gasteiger partial charge in [0.25, 0.3) is 0 Å². The van der Waals surface area contributed by atoms with Gasteiger partial charge in [-0.1, -0.05) is 0 Å². The number of benzene rings is 1. The Hall–Kier alpha value is -0.520. The van der Waals surface area contributed by atoms with Gasteiger partial charge in [0.2, 0.25) is 0 Å². The van der Waals surface area contributed by atoms with E-state index >= 15 is 0 Å². The van der Waals surface area contributed by atoms with E-state index in [2.05, 4.69) is 25.1 Å². The molecule has 0 bridgehead atoms. The molecule has 0 amide bonds. The number of carboxylic acid groups (broad SMARTS) is 1. The summed E-state index contributed by atoms with van der Waals surface area (Å²) in [6.07, 6.45) is 1.14. The molecule has 1 aromatic carbocycles. The van der Waals surface area contributed by atoms with E-state index < -0.39 is 5.97 Å². The maximum absolute atomic E-state index is 10.3. The standard InChI is InChI=1S/C11H14O2Te/c1-9-5-2-3-6-10(9)14-8-4-7-11(12)13/h2-3,5-6H,4,7-8H2,1H3,(H,12,13). The molecule has 0 fully saturated rings. The molecule has 1 N–H and O–H groups in total. The van der Waals surface area contributed by atoms with Crippen LogP contribution in [0.25, 0.3) is 0 Å². The summed E-state index contributed by atoms with van der Waals surface area (Å²) in [6, 6.07) is 8.39. The van der Waals surface area contributed by atoms with E-state index in [1.165, 1.54) is 9.17 Å². The van der Waals surface area contributed by atoms with Crippen LogP contribution in [0.4, 0.5) is 0 Å². The van der Waals surface area contributed by atoms with Crippen molar-refractivity contribution in [2.24, 2.45) is 0 Å². The fourth-order valence-corrected chi connectivity index (χ4v) is 3.92. The van der Waals surface area contributed by atoms with E-state index in [0.29, 0.717) is 6.42 Å². The van der Waals surface area contributed by atoms with Crippen molar-refractivity contribution in [2.45, 2.75) is 24.2 Å². The first kappa shape index (κ1) is 11.6. The monoisotopic (exact) mass is 308 g/mol. The zero-order chi connectivity index (χ0) is 10.4. The summed E-state index contributed by atoms with van der Waals surface area (Å²) in [5.74, 6) is -0.678. The molecule has 14 heavy (non-hydrogen) atoms. The van der Waals surface area contributed by atoms with Gasteiger partial charge in [0, 0.05) is 0 Å². The van der Waals surface area contributed by atoms with Crippen molar-refractivity contribution in [3.05, 3.63) is 29.8 Å². The Bertz CT molecular complexity index is 310. The zero-order valence-electron chi connectivity index (χ0n) is 8.19. The molecular weight excluding hydrogens is 292 g/mol. The first-order valence-corrected chi connectivity index (χ1v) is 7.41. The Labute approximate surface area is 94.4 Å². The molecule has 0 saturated carbocycles. The first-order chi connectivity index (χ1) is 6.70. The normalized spacial score (nSPS) is 10.1. The molecule has 2 nitrogen and oxygen atoms in total. The summed E-state index contributed by atoms with van der Waals surface area (Å²) in [7, 11) is 0. The van der Waals surface area contributed by atoms with E-state index in [4.69, 9.17) is 5.11 Å². The van der Waals surface area contributed by atoms with Gasteiger partial charge in [0.05, 0.1) is 0 Å². The second-order valence-corrected chi connectivity index (χ2v) is 6.36. The van der Waals surface area contributed by atoms with Crippen molar-refractivity contribution >= 4 is 30.5 Å². The Kier molecular flexibility index (Phi) is 5.00. The fourth-order valence-electron chi connectivity index (χ4n) is 1.12. The van der Waals surface area contributed by atoms with Crippen LogP contribution in [0.1, 0.15) is 18.4 Å². The third-order valence-corrected chi connectivity index (χ3v) is 5.49. The van der Waals surface area contributed by atoms with Gasteiger partial charge >= 0.3 is 94.5 Å². The number of aliphatic carboxylic acids is 1. The first-order valence-electron chi connectivity index (χ1n) is 4.60. The van der Waals surface area contributed by atoms with Crippen LogP contribution in [0.2, 0.25) is 4.47 Å². The second-order valence-electron chi connectivity index (χ2n) is 3.11. The molecule has 0 atom stereocenters. The molecule has 1 aromatic rings. The Morgan fingerprint density at radius 2 is 2.14 bits per heavy atom. The fraction of sp³-hybridized carbons (Fsp3) is 0.364. The molecule has 76 valence electrons. The van der Waals surface area contributed by atoms with Crippen molar-refractivity contribution in [2.75, 3.05) is 0 Å². The Balaban J connectivity index is 2.31. The van der Waals surface area contributed by atoms with E-state index in [9.17, 15) is 4.79 Å². The predicted molar refractivity (Wildman–Crippen MR) is 58.2 cm³/mol. The number of carbonyl (C=O) groups is 1. The van der Waals surface area contributed by atoms with Crippen molar-refractivity contribution in [1.82, 2.24) is 0 Å². The molecular formula is C11H14O2Te. The third kappa shape index (κ3) is 4.13. The minimum atomic E-state index is -0.678. The average Bonchev–Trinajstić information content (AvgIpc) is 2.15. The molecule has 3 heteroatoms. The minimum absolute atomic E-state index is 0.168. The van der Waals surface area contributed by atoms with Crippen LogP contribution in [0, 0.1) is 6.92 Å². The van der Waals surface area contributed by atoms with Crippen LogP contribution in [0.3, 0.4) is 0 Å². The van der Waals surface area contributed by atoms with Gasteiger partial charge in [-0.25, -0.2) is 0 Å². The van der Waals surface area contributed by atoms with Crippen molar-refractivity contribution in [3.63, 3.8) is 0 Å². The van der Waals surface area contributed by atoms with Crippen LogP contribution in [-0.2, 0) is 4.79 Å². The summed E-state index contributed by atoms with van der Waals surface area (Å²) >= 11 is -0.168.